The van der Waals surface area contributed by atoms with Crippen LogP contribution < -0.4 is 11.1 Å². The minimum absolute atomic E-state index is 0.115. The van der Waals surface area contributed by atoms with Gasteiger partial charge in [0, 0.05) is 24.3 Å². The van der Waals surface area contributed by atoms with Gasteiger partial charge in [0.05, 0.1) is 12.2 Å². The van der Waals surface area contributed by atoms with Gasteiger partial charge in [-0.2, -0.15) is 0 Å². The van der Waals surface area contributed by atoms with Gasteiger partial charge in [-0.25, -0.2) is 4.98 Å². The highest BCUT2D eigenvalue weighted by Gasteiger charge is 2.12. The number of aryl methyl sites for hydroxylation is 1. The van der Waals surface area contributed by atoms with E-state index in [1.165, 1.54) is 11.3 Å². The highest BCUT2D eigenvalue weighted by molar-refractivity contribution is 7.09. The Hall–Kier alpha value is -1.82. The largest absolute Gasteiger partial charge is 0.397 e. The molecule has 0 aliphatic heterocycles. The fraction of sp³-hybridized carbons (Fsp3) is 0.333. The molecule has 0 aromatic carbocycles. The number of carbonyl (C=O) groups excluding carboxylic acids is 1. The lowest BCUT2D eigenvalue weighted by atomic mass is 10.3. The van der Waals surface area contributed by atoms with Crippen LogP contribution in [-0.2, 0) is 13.1 Å². The van der Waals surface area contributed by atoms with Crippen molar-refractivity contribution >= 4 is 22.9 Å². The Morgan fingerprint density at radius 2 is 2.44 bits per heavy atom. The van der Waals surface area contributed by atoms with Gasteiger partial charge >= 0.3 is 0 Å². The quantitative estimate of drug-likeness (QED) is 0.865. The molecule has 96 valence electrons. The standard InChI is InChI=1S/C12H16N4OS/c1-2-4-16-8-9(13)6-10(16)12(17)15-7-11-14-3-5-18-11/h3,5-6,8H,2,4,7,13H2,1H3,(H,15,17). The molecule has 2 aromatic heterocycles. The third-order valence-corrected chi connectivity index (χ3v) is 3.28. The predicted molar refractivity (Wildman–Crippen MR) is 72.4 cm³/mol. The maximum atomic E-state index is 12.0. The molecule has 0 saturated carbocycles. The molecule has 2 rings (SSSR count). The number of hydrogen-bond donors (Lipinski definition) is 2. The number of carbonyl (C=O) groups is 1. The first-order valence-electron chi connectivity index (χ1n) is 5.83. The lowest BCUT2D eigenvalue weighted by Crippen LogP contribution is -2.25. The Morgan fingerprint density at radius 1 is 1.61 bits per heavy atom. The van der Waals surface area contributed by atoms with Crippen molar-refractivity contribution in [2.24, 2.45) is 0 Å². The smallest absolute Gasteiger partial charge is 0.268 e. The molecule has 2 aromatic rings. The SMILES string of the molecule is CCCn1cc(N)cc1C(=O)NCc1nccs1. The van der Waals surface area contributed by atoms with E-state index in [2.05, 4.69) is 17.2 Å². The summed E-state index contributed by atoms with van der Waals surface area (Å²) in [5.74, 6) is -0.115. The van der Waals surface area contributed by atoms with E-state index in [1.54, 1.807) is 18.5 Å². The highest BCUT2D eigenvalue weighted by Crippen LogP contribution is 2.12. The van der Waals surface area contributed by atoms with E-state index >= 15 is 0 Å². The molecule has 0 unspecified atom stereocenters. The fourth-order valence-electron chi connectivity index (χ4n) is 1.74. The van der Waals surface area contributed by atoms with Gasteiger partial charge in [0.1, 0.15) is 10.7 Å². The number of aromatic nitrogens is 2. The zero-order chi connectivity index (χ0) is 13.0. The average molecular weight is 264 g/mol. The summed E-state index contributed by atoms with van der Waals surface area (Å²) < 4.78 is 1.88. The molecule has 6 heteroatoms. The molecule has 18 heavy (non-hydrogen) atoms. The Labute approximate surface area is 110 Å². The van der Waals surface area contributed by atoms with Gasteiger partial charge in [0.15, 0.2) is 0 Å². The zero-order valence-corrected chi connectivity index (χ0v) is 11.0. The Balaban J connectivity index is 2.03. The summed E-state index contributed by atoms with van der Waals surface area (Å²) in [4.78, 5) is 16.2. The summed E-state index contributed by atoms with van der Waals surface area (Å²) in [6.45, 7) is 3.30. The number of anilines is 1. The topological polar surface area (TPSA) is 72.9 Å². The molecule has 1 amide bonds. The number of amides is 1. The lowest BCUT2D eigenvalue weighted by Gasteiger charge is -2.07. The van der Waals surface area contributed by atoms with Gasteiger partial charge in [0.25, 0.3) is 5.91 Å². The van der Waals surface area contributed by atoms with Gasteiger partial charge in [-0.05, 0) is 12.5 Å². The molecule has 0 bridgehead atoms. The molecule has 0 saturated heterocycles. The second-order valence-corrected chi connectivity index (χ2v) is 4.94. The summed E-state index contributed by atoms with van der Waals surface area (Å²) in [5, 5.41) is 5.63. The van der Waals surface area contributed by atoms with Crippen molar-refractivity contribution in [1.29, 1.82) is 0 Å². The Morgan fingerprint density at radius 3 is 3.11 bits per heavy atom. The van der Waals surface area contributed by atoms with Crippen molar-refractivity contribution in [1.82, 2.24) is 14.9 Å². The third-order valence-electron chi connectivity index (χ3n) is 2.50. The maximum Gasteiger partial charge on any atom is 0.268 e. The number of nitrogens with two attached hydrogens (primary N) is 1. The van der Waals surface area contributed by atoms with Gasteiger partial charge in [-0.15, -0.1) is 11.3 Å². The second-order valence-electron chi connectivity index (χ2n) is 3.96. The van der Waals surface area contributed by atoms with Crippen molar-refractivity contribution in [3.8, 4) is 0 Å². The number of hydrogen-bond acceptors (Lipinski definition) is 4. The molecular formula is C12H16N4OS. The van der Waals surface area contributed by atoms with Crippen LogP contribution in [0.25, 0.3) is 0 Å². The molecule has 0 spiro atoms. The summed E-state index contributed by atoms with van der Waals surface area (Å²) >= 11 is 1.52. The Bertz CT molecular complexity index is 518. The molecular weight excluding hydrogens is 248 g/mol. The molecule has 0 aliphatic carbocycles. The highest BCUT2D eigenvalue weighted by atomic mass is 32.1. The van der Waals surface area contributed by atoms with Crippen molar-refractivity contribution in [3.63, 3.8) is 0 Å². The first-order chi connectivity index (χ1) is 8.70. The summed E-state index contributed by atoms with van der Waals surface area (Å²) in [5.41, 5.74) is 6.94. The number of nitrogens with one attached hydrogen (secondary N) is 1. The van der Waals surface area contributed by atoms with Crippen molar-refractivity contribution < 1.29 is 4.79 Å². The molecule has 0 atom stereocenters. The van der Waals surface area contributed by atoms with E-state index in [0.29, 0.717) is 17.9 Å². The van der Waals surface area contributed by atoms with Crippen LogP contribution in [0.4, 0.5) is 5.69 Å². The summed E-state index contributed by atoms with van der Waals surface area (Å²) in [6.07, 6.45) is 4.48. The van der Waals surface area contributed by atoms with Crippen LogP contribution >= 0.6 is 11.3 Å². The number of rotatable bonds is 5. The molecule has 0 radical (unpaired) electrons. The van der Waals surface area contributed by atoms with Crippen molar-refractivity contribution in [3.05, 3.63) is 34.5 Å². The lowest BCUT2D eigenvalue weighted by molar-refractivity contribution is 0.0941. The van der Waals surface area contributed by atoms with Crippen LogP contribution in [-0.4, -0.2) is 15.5 Å². The number of nitrogens with zero attached hydrogens (tertiary/aromatic N) is 2. The number of nitrogen functional groups attached to an aromatic ring is 1. The van der Waals surface area contributed by atoms with Crippen molar-refractivity contribution in [2.45, 2.75) is 26.4 Å². The van der Waals surface area contributed by atoms with Crippen molar-refractivity contribution in [2.75, 3.05) is 5.73 Å². The van der Waals surface area contributed by atoms with Crippen LogP contribution in [0.1, 0.15) is 28.8 Å². The molecule has 0 aliphatic rings. The van der Waals surface area contributed by atoms with Gasteiger partial charge in [0.2, 0.25) is 0 Å². The molecule has 5 nitrogen and oxygen atoms in total. The van der Waals surface area contributed by atoms with Crippen LogP contribution in [0.3, 0.4) is 0 Å². The zero-order valence-electron chi connectivity index (χ0n) is 10.2. The van der Waals surface area contributed by atoms with Gasteiger partial charge in [-0.3, -0.25) is 4.79 Å². The van der Waals surface area contributed by atoms with E-state index in [0.717, 1.165) is 18.0 Å². The van der Waals surface area contributed by atoms with Gasteiger partial charge in [-0.1, -0.05) is 6.92 Å². The Kier molecular flexibility index (Phi) is 3.99. The van der Waals surface area contributed by atoms with Crippen LogP contribution in [0.15, 0.2) is 23.8 Å². The minimum atomic E-state index is -0.115. The molecule has 3 N–H and O–H groups in total. The van der Waals surface area contributed by atoms with Crippen LogP contribution in [0.5, 0.6) is 0 Å². The first kappa shape index (κ1) is 12.6. The third kappa shape index (κ3) is 2.89. The predicted octanol–water partition coefficient (Wildman–Crippen LogP) is 1.87. The second kappa shape index (κ2) is 5.68. The number of thiazole rings is 1. The van der Waals surface area contributed by atoms with Crippen LogP contribution in [0.2, 0.25) is 0 Å². The van der Waals surface area contributed by atoms with E-state index in [-0.39, 0.29) is 5.91 Å². The summed E-state index contributed by atoms with van der Waals surface area (Å²) in [7, 11) is 0. The normalized spacial score (nSPS) is 10.5. The average Bonchev–Trinajstić information content (AvgIpc) is 2.96. The molecule has 0 fully saturated rings. The van der Waals surface area contributed by atoms with E-state index in [1.807, 2.05) is 9.95 Å². The maximum absolute atomic E-state index is 12.0. The summed E-state index contributed by atoms with van der Waals surface area (Å²) in [6, 6.07) is 1.70. The fourth-order valence-corrected chi connectivity index (χ4v) is 2.29. The first-order valence-corrected chi connectivity index (χ1v) is 6.71. The van der Waals surface area contributed by atoms with E-state index in [4.69, 9.17) is 5.73 Å². The van der Waals surface area contributed by atoms with E-state index < -0.39 is 0 Å². The van der Waals surface area contributed by atoms with Crippen LogP contribution in [0, 0.1) is 0 Å². The van der Waals surface area contributed by atoms with Gasteiger partial charge < -0.3 is 15.6 Å². The van der Waals surface area contributed by atoms with E-state index in [9.17, 15) is 4.79 Å². The monoisotopic (exact) mass is 264 g/mol. The minimum Gasteiger partial charge on any atom is -0.397 e. The molecule has 2 heterocycles.